The van der Waals surface area contributed by atoms with Gasteiger partial charge >= 0.3 is 0 Å². The molecule has 0 aliphatic rings. The molecule has 0 amide bonds. The second-order valence-corrected chi connectivity index (χ2v) is 5.34. The second-order valence-electron chi connectivity index (χ2n) is 5.34. The first-order valence-electron chi connectivity index (χ1n) is 7.42. The zero-order valence-corrected chi connectivity index (χ0v) is 13.0. The third kappa shape index (κ3) is 2.31. The van der Waals surface area contributed by atoms with Gasteiger partial charge in [-0.25, -0.2) is 9.97 Å². The molecule has 0 fully saturated rings. The zero-order valence-electron chi connectivity index (χ0n) is 13.0. The minimum absolute atomic E-state index is 0.628. The molecule has 0 unspecified atom stereocenters. The first-order valence-corrected chi connectivity index (χ1v) is 7.42. The fraction of sp³-hybridized carbons (Fsp3) is 0.0526. The normalized spacial score (nSPS) is 10.7. The Morgan fingerprint density at radius 1 is 1.17 bits per heavy atom. The molecular formula is C19H14N4O. The van der Waals surface area contributed by atoms with Crippen LogP contribution in [0.5, 0.6) is 5.75 Å². The summed E-state index contributed by atoms with van der Waals surface area (Å²) in [5.41, 5.74) is 3.47. The minimum Gasteiger partial charge on any atom is -0.495 e. The fourth-order valence-corrected chi connectivity index (χ4v) is 2.73. The number of anilines is 2. The van der Waals surface area contributed by atoms with Crippen molar-refractivity contribution in [2.75, 3.05) is 12.4 Å². The molecule has 4 aromatic rings. The van der Waals surface area contributed by atoms with E-state index < -0.39 is 0 Å². The van der Waals surface area contributed by atoms with Gasteiger partial charge in [-0.2, -0.15) is 0 Å². The SMILES string of the molecule is C#Cc1cc2c(Nc3ccc4[nH]ccc4c3)ncnc2cc1OC. The van der Waals surface area contributed by atoms with Crippen LogP contribution in [0.15, 0.2) is 48.9 Å². The molecule has 2 aromatic heterocycles. The van der Waals surface area contributed by atoms with Crippen LogP contribution in [0.4, 0.5) is 11.5 Å². The van der Waals surface area contributed by atoms with Gasteiger partial charge in [-0.3, -0.25) is 0 Å². The third-order valence-corrected chi connectivity index (χ3v) is 3.93. The third-order valence-electron chi connectivity index (χ3n) is 3.93. The molecule has 0 aliphatic heterocycles. The number of methoxy groups -OCH3 is 1. The molecule has 0 saturated carbocycles. The summed E-state index contributed by atoms with van der Waals surface area (Å²) in [6.45, 7) is 0. The van der Waals surface area contributed by atoms with Crippen molar-refractivity contribution in [3.05, 3.63) is 54.5 Å². The van der Waals surface area contributed by atoms with Gasteiger partial charge in [0.1, 0.15) is 17.9 Å². The van der Waals surface area contributed by atoms with Crippen LogP contribution in [0.1, 0.15) is 5.56 Å². The van der Waals surface area contributed by atoms with E-state index >= 15 is 0 Å². The Morgan fingerprint density at radius 2 is 2.08 bits per heavy atom. The van der Waals surface area contributed by atoms with Crippen molar-refractivity contribution in [3.63, 3.8) is 0 Å². The van der Waals surface area contributed by atoms with Gasteiger partial charge in [0, 0.05) is 34.2 Å². The summed E-state index contributed by atoms with van der Waals surface area (Å²) in [6.07, 6.45) is 9.01. The highest BCUT2D eigenvalue weighted by atomic mass is 16.5. The molecule has 0 aliphatic carbocycles. The second kappa shape index (κ2) is 5.60. The van der Waals surface area contributed by atoms with Gasteiger partial charge in [0.05, 0.1) is 18.2 Å². The van der Waals surface area contributed by atoms with Gasteiger partial charge in [-0.15, -0.1) is 6.42 Å². The summed E-state index contributed by atoms with van der Waals surface area (Å²) in [5, 5.41) is 5.32. The molecule has 0 radical (unpaired) electrons. The van der Waals surface area contributed by atoms with Crippen LogP contribution in [-0.4, -0.2) is 22.1 Å². The molecule has 0 atom stereocenters. The van der Waals surface area contributed by atoms with Gasteiger partial charge in [0.15, 0.2) is 0 Å². The predicted octanol–water partition coefficient (Wildman–Crippen LogP) is 3.84. The molecular weight excluding hydrogens is 300 g/mol. The number of ether oxygens (including phenoxy) is 1. The van der Waals surface area contributed by atoms with Gasteiger partial charge in [-0.05, 0) is 30.3 Å². The van der Waals surface area contributed by atoms with E-state index in [9.17, 15) is 0 Å². The highest BCUT2D eigenvalue weighted by molar-refractivity contribution is 5.94. The Hall–Kier alpha value is -3.52. The molecule has 0 spiro atoms. The number of rotatable bonds is 3. The van der Waals surface area contributed by atoms with Gasteiger partial charge in [-0.1, -0.05) is 5.92 Å². The first kappa shape index (κ1) is 14.1. The quantitative estimate of drug-likeness (QED) is 0.564. The van der Waals surface area contributed by atoms with Crippen LogP contribution >= 0.6 is 0 Å². The van der Waals surface area contributed by atoms with E-state index in [0.29, 0.717) is 17.1 Å². The Morgan fingerprint density at radius 3 is 2.92 bits per heavy atom. The average Bonchev–Trinajstić information content (AvgIpc) is 3.08. The Bertz CT molecular complexity index is 1090. The van der Waals surface area contributed by atoms with Gasteiger partial charge in [0.25, 0.3) is 0 Å². The molecule has 24 heavy (non-hydrogen) atoms. The maximum absolute atomic E-state index is 5.58. The summed E-state index contributed by atoms with van der Waals surface area (Å²) in [4.78, 5) is 11.8. The Balaban J connectivity index is 1.82. The number of hydrogen-bond acceptors (Lipinski definition) is 4. The number of benzene rings is 2. The molecule has 116 valence electrons. The number of fused-ring (bicyclic) bond motifs is 2. The van der Waals surface area contributed by atoms with Crippen molar-refractivity contribution in [1.82, 2.24) is 15.0 Å². The maximum atomic E-state index is 5.58. The van der Waals surface area contributed by atoms with Crippen LogP contribution < -0.4 is 10.1 Å². The number of nitrogens with zero attached hydrogens (tertiary/aromatic N) is 2. The minimum atomic E-state index is 0.628. The summed E-state index contributed by atoms with van der Waals surface area (Å²) in [7, 11) is 1.59. The van der Waals surface area contributed by atoms with Crippen LogP contribution in [0.3, 0.4) is 0 Å². The molecule has 2 aromatic carbocycles. The molecule has 5 heteroatoms. The number of terminal acetylenes is 1. The van der Waals surface area contributed by atoms with E-state index in [0.717, 1.165) is 27.5 Å². The lowest BCUT2D eigenvalue weighted by Gasteiger charge is -2.11. The molecule has 4 rings (SSSR count). The van der Waals surface area contributed by atoms with Crippen molar-refractivity contribution < 1.29 is 4.74 Å². The molecule has 0 bridgehead atoms. The van der Waals surface area contributed by atoms with Crippen molar-refractivity contribution in [2.24, 2.45) is 0 Å². The number of aromatic amines is 1. The van der Waals surface area contributed by atoms with Crippen molar-refractivity contribution >= 4 is 33.3 Å². The van der Waals surface area contributed by atoms with E-state index in [4.69, 9.17) is 11.2 Å². The molecule has 0 saturated heterocycles. The maximum Gasteiger partial charge on any atom is 0.141 e. The first-order chi connectivity index (χ1) is 11.8. The summed E-state index contributed by atoms with van der Waals surface area (Å²) in [5.74, 6) is 3.97. The Labute approximate surface area is 138 Å². The van der Waals surface area contributed by atoms with E-state index in [1.165, 1.54) is 6.33 Å². The number of hydrogen-bond donors (Lipinski definition) is 2. The van der Waals surface area contributed by atoms with Crippen LogP contribution in [0.2, 0.25) is 0 Å². The standard InChI is InChI=1S/C19H14N4O/c1-3-12-9-15-17(10-18(12)24-2)21-11-22-19(15)23-14-4-5-16-13(8-14)6-7-20-16/h1,4-11,20H,2H3,(H,21,22,23). The lowest BCUT2D eigenvalue weighted by molar-refractivity contribution is 0.414. The lowest BCUT2D eigenvalue weighted by atomic mass is 10.1. The monoisotopic (exact) mass is 314 g/mol. The Kier molecular flexibility index (Phi) is 3.29. The van der Waals surface area contributed by atoms with E-state index in [1.807, 2.05) is 36.5 Å². The topological polar surface area (TPSA) is 62.8 Å². The van der Waals surface area contributed by atoms with Crippen LogP contribution in [0.25, 0.3) is 21.8 Å². The zero-order chi connectivity index (χ0) is 16.5. The molecule has 5 nitrogen and oxygen atoms in total. The number of nitrogens with one attached hydrogen (secondary N) is 2. The summed E-state index contributed by atoms with van der Waals surface area (Å²) >= 11 is 0. The average molecular weight is 314 g/mol. The summed E-state index contributed by atoms with van der Waals surface area (Å²) < 4.78 is 5.32. The smallest absolute Gasteiger partial charge is 0.141 e. The van der Waals surface area contributed by atoms with Crippen molar-refractivity contribution in [3.8, 4) is 18.1 Å². The predicted molar refractivity (Wildman–Crippen MR) is 95.6 cm³/mol. The molecule has 2 heterocycles. The largest absolute Gasteiger partial charge is 0.495 e. The lowest BCUT2D eigenvalue weighted by Crippen LogP contribution is -1.97. The van der Waals surface area contributed by atoms with E-state index in [-0.39, 0.29) is 0 Å². The van der Waals surface area contributed by atoms with Crippen molar-refractivity contribution in [1.29, 1.82) is 0 Å². The van der Waals surface area contributed by atoms with Gasteiger partial charge in [0.2, 0.25) is 0 Å². The van der Waals surface area contributed by atoms with Crippen molar-refractivity contribution in [2.45, 2.75) is 0 Å². The van der Waals surface area contributed by atoms with Gasteiger partial charge < -0.3 is 15.0 Å². The van der Waals surface area contributed by atoms with E-state index in [2.05, 4.69) is 32.3 Å². The number of aromatic nitrogens is 3. The summed E-state index contributed by atoms with van der Waals surface area (Å²) in [6, 6.07) is 11.8. The molecule has 2 N–H and O–H groups in total. The fourth-order valence-electron chi connectivity index (χ4n) is 2.73. The highest BCUT2D eigenvalue weighted by Crippen LogP contribution is 2.29. The van der Waals surface area contributed by atoms with Crippen LogP contribution in [-0.2, 0) is 0 Å². The van der Waals surface area contributed by atoms with E-state index in [1.54, 1.807) is 7.11 Å². The highest BCUT2D eigenvalue weighted by Gasteiger charge is 2.10. The van der Waals surface area contributed by atoms with Crippen LogP contribution in [0, 0.1) is 12.3 Å². The number of H-pyrrole nitrogens is 1.